The van der Waals surface area contributed by atoms with Gasteiger partial charge in [0.1, 0.15) is 5.75 Å². The number of nitrogens with one attached hydrogen (secondary N) is 2. The first kappa shape index (κ1) is 20.8. The summed E-state index contributed by atoms with van der Waals surface area (Å²) in [6.45, 7) is 4.75. The Kier molecular flexibility index (Phi) is 7.53. The van der Waals surface area contributed by atoms with Crippen LogP contribution >= 0.6 is 47.0 Å². The standard InChI is InChI=1S/C18H17Cl3N2O2S/c1-10(2)9-25-12-5-3-11(4-6-12)17(24)23-18(26)22-16-8-14(20)13(19)7-15(16)21/h3-8,10H,9H2,1-2H3,(H2,22,23,24,26). The first-order valence-corrected chi connectivity index (χ1v) is 9.30. The maximum atomic E-state index is 12.3. The molecule has 8 heteroatoms. The van der Waals surface area contributed by atoms with Gasteiger partial charge in [0, 0.05) is 5.56 Å². The quantitative estimate of drug-likeness (QED) is 0.463. The van der Waals surface area contributed by atoms with Gasteiger partial charge in [-0.25, -0.2) is 0 Å². The average Bonchev–Trinajstić information content (AvgIpc) is 2.58. The van der Waals surface area contributed by atoms with Crippen LogP contribution < -0.4 is 15.4 Å². The minimum atomic E-state index is -0.353. The second-order valence-electron chi connectivity index (χ2n) is 5.88. The van der Waals surface area contributed by atoms with E-state index in [0.717, 1.165) is 0 Å². The van der Waals surface area contributed by atoms with E-state index in [1.807, 2.05) is 0 Å². The maximum absolute atomic E-state index is 12.3. The van der Waals surface area contributed by atoms with Crippen LogP contribution in [0.5, 0.6) is 5.75 Å². The van der Waals surface area contributed by atoms with Crippen LogP contribution in [0.1, 0.15) is 24.2 Å². The Balaban J connectivity index is 1.96. The zero-order valence-corrected chi connectivity index (χ0v) is 17.2. The van der Waals surface area contributed by atoms with Gasteiger partial charge in [-0.1, -0.05) is 48.7 Å². The lowest BCUT2D eigenvalue weighted by Crippen LogP contribution is -2.34. The summed E-state index contributed by atoms with van der Waals surface area (Å²) >= 11 is 23.1. The Labute approximate surface area is 172 Å². The number of anilines is 1. The van der Waals surface area contributed by atoms with Crippen molar-refractivity contribution in [1.82, 2.24) is 5.32 Å². The molecule has 26 heavy (non-hydrogen) atoms. The van der Waals surface area contributed by atoms with Crippen molar-refractivity contribution in [2.75, 3.05) is 11.9 Å². The fraction of sp³-hybridized carbons (Fsp3) is 0.222. The fourth-order valence-electron chi connectivity index (χ4n) is 1.91. The molecular weight excluding hydrogens is 415 g/mol. The van der Waals surface area contributed by atoms with Gasteiger partial charge in [-0.2, -0.15) is 0 Å². The lowest BCUT2D eigenvalue weighted by molar-refractivity contribution is 0.0977. The molecular formula is C18H17Cl3N2O2S. The Morgan fingerprint density at radius 1 is 1.08 bits per heavy atom. The lowest BCUT2D eigenvalue weighted by Gasteiger charge is -2.12. The number of thiocarbonyl (C=S) groups is 1. The second kappa shape index (κ2) is 9.42. The molecule has 0 aliphatic rings. The van der Waals surface area contributed by atoms with Crippen molar-refractivity contribution in [2.24, 2.45) is 5.92 Å². The van der Waals surface area contributed by atoms with Gasteiger partial charge in [0.05, 0.1) is 27.4 Å². The summed E-state index contributed by atoms with van der Waals surface area (Å²) in [4.78, 5) is 12.3. The summed E-state index contributed by atoms with van der Waals surface area (Å²) in [5.74, 6) is 0.780. The normalized spacial score (nSPS) is 10.5. The maximum Gasteiger partial charge on any atom is 0.257 e. The van der Waals surface area contributed by atoms with Crippen LogP contribution in [-0.2, 0) is 0 Å². The number of ether oxygens (including phenoxy) is 1. The third kappa shape index (κ3) is 6.02. The van der Waals surface area contributed by atoms with E-state index in [1.165, 1.54) is 12.1 Å². The third-order valence-electron chi connectivity index (χ3n) is 3.19. The zero-order chi connectivity index (χ0) is 19.3. The number of carbonyl (C=O) groups excluding carboxylic acids is 1. The Morgan fingerprint density at radius 2 is 1.69 bits per heavy atom. The minimum Gasteiger partial charge on any atom is -0.493 e. The molecule has 0 aromatic heterocycles. The summed E-state index contributed by atoms with van der Waals surface area (Å²) in [5.41, 5.74) is 0.898. The van der Waals surface area contributed by atoms with E-state index in [-0.39, 0.29) is 11.0 Å². The average molecular weight is 432 g/mol. The molecule has 0 aliphatic carbocycles. The number of halogens is 3. The number of hydrogen-bond donors (Lipinski definition) is 2. The van der Waals surface area contributed by atoms with Gasteiger partial charge in [-0.3, -0.25) is 10.1 Å². The highest BCUT2D eigenvalue weighted by molar-refractivity contribution is 7.80. The molecule has 2 rings (SSSR count). The van der Waals surface area contributed by atoms with Crippen LogP contribution in [0.15, 0.2) is 36.4 Å². The number of carbonyl (C=O) groups is 1. The van der Waals surface area contributed by atoms with Crippen molar-refractivity contribution >= 4 is 63.7 Å². The summed E-state index contributed by atoms with van der Waals surface area (Å²) in [5, 5.41) is 6.49. The van der Waals surface area contributed by atoms with Crippen molar-refractivity contribution < 1.29 is 9.53 Å². The highest BCUT2D eigenvalue weighted by atomic mass is 35.5. The first-order chi connectivity index (χ1) is 12.3. The van der Waals surface area contributed by atoms with E-state index < -0.39 is 0 Å². The van der Waals surface area contributed by atoms with E-state index in [9.17, 15) is 4.79 Å². The molecule has 0 heterocycles. The van der Waals surface area contributed by atoms with E-state index in [4.69, 9.17) is 51.8 Å². The van der Waals surface area contributed by atoms with Crippen molar-refractivity contribution in [3.05, 3.63) is 57.0 Å². The molecule has 0 saturated heterocycles. The summed E-state index contributed by atoms with van der Waals surface area (Å²) in [7, 11) is 0. The van der Waals surface area contributed by atoms with Crippen molar-refractivity contribution in [1.29, 1.82) is 0 Å². The molecule has 0 spiro atoms. The number of amides is 1. The minimum absolute atomic E-state index is 0.0930. The summed E-state index contributed by atoms with van der Waals surface area (Å²) < 4.78 is 5.59. The molecule has 0 aliphatic heterocycles. The van der Waals surface area contributed by atoms with Crippen molar-refractivity contribution in [3.63, 3.8) is 0 Å². The van der Waals surface area contributed by atoms with E-state index in [1.54, 1.807) is 24.3 Å². The van der Waals surface area contributed by atoms with Crippen LogP contribution in [0.4, 0.5) is 5.69 Å². The van der Waals surface area contributed by atoms with Crippen LogP contribution in [0, 0.1) is 5.92 Å². The molecule has 4 nitrogen and oxygen atoms in total. The van der Waals surface area contributed by atoms with Gasteiger partial charge < -0.3 is 10.1 Å². The van der Waals surface area contributed by atoms with Crippen molar-refractivity contribution in [3.8, 4) is 5.75 Å². The van der Waals surface area contributed by atoms with Gasteiger partial charge in [0.2, 0.25) is 0 Å². The highest BCUT2D eigenvalue weighted by Gasteiger charge is 2.11. The molecule has 138 valence electrons. The predicted molar refractivity (Wildman–Crippen MR) is 112 cm³/mol. The van der Waals surface area contributed by atoms with Crippen LogP contribution in [0.2, 0.25) is 15.1 Å². The fourth-order valence-corrected chi connectivity index (χ4v) is 2.71. The molecule has 2 N–H and O–H groups in total. The Bertz CT molecular complexity index is 811. The first-order valence-electron chi connectivity index (χ1n) is 7.76. The molecule has 0 bridgehead atoms. The Morgan fingerprint density at radius 3 is 2.31 bits per heavy atom. The molecule has 0 saturated carbocycles. The summed E-state index contributed by atoms with van der Waals surface area (Å²) in [6.07, 6.45) is 0. The van der Waals surface area contributed by atoms with E-state index in [0.29, 0.717) is 44.6 Å². The van der Waals surface area contributed by atoms with Crippen LogP contribution in [0.3, 0.4) is 0 Å². The number of benzene rings is 2. The van der Waals surface area contributed by atoms with Gasteiger partial charge >= 0.3 is 0 Å². The van der Waals surface area contributed by atoms with E-state index in [2.05, 4.69) is 24.5 Å². The van der Waals surface area contributed by atoms with Gasteiger partial charge in [-0.05, 0) is 54.5 Å². The summed E-state index contributed by atoms with van der Waals surface area (Å²) in [6, 6.07) is 9.84. The lowest BCUT2D eigenvalue weighted by atomic mass is 10.2. The largest absolute Gasteiger partial charge is 0.493 e. The molecule has 0 atom stereocenters. The SMILES string of the molecule is CC(C)COc1ccc(C(=O)NC(=S)Nc2cc(Cl)c(Cl)cc2Cl)cc1. The van der Waals surface area contributed by atoms with Gasteiger partial charge in [0.25, 0.3) is 5.91 Å². The van der Waals surface area contributed by atoms with Crippen LogP contribution in [0.25, 0.3) is 0 Å². The van der Waals surface area contributed by atoms with Gasteiger partial charge in [0.15, 0.2) is 5.11 Å². The predicted octanol–water partition coefficient (Wildman–Crippen LogP) is 5.81. The Hall–Kier alpha value is -1.53. The van der Waals surface area contributed by atoms with Crippen LogP contribution in [-0.4, -0.2) is 17.6 Å². The number of hydrogen-bond acceptors (Lipinski definition) is 3. The molecule has 2 aromatic rings. The monoisotopic (exact) mass is 430 g/mol. The van der Waals surface area contributed by atoms with Gasteiger partial charge in [-0.15, -0.1) is 0 Å². The van der Waals surface area contributed by atoms with E-state index >= 15 is 0 Å². The molecule has 0 unspecified atom stereocenters. The topological polar surface area (TPSA) is 50.4 Å². The molecule has 1 amide bonds. The number of rotatable bonds is 5. The molecule has 2 aromatic carbocycles. The highest BCUT2D eigenvalue weighted by Crippen LogP contribution is 2.32. The smallest absolute Gasteiger partial charge is 0.257 e. The second-order valence-corrected chi connectivity index (χ2v) is 7.51. The van der Waals surface area contributed by atoms with Crippen molar-refractivity contribution in [2.45, 2.75) is 13.8 Å². The zero-order valence-electron chi connectivity index (χ0n) is 14.1. The molecule has 0 radical (unpaired) electrons. The molecule has 0 fully saturated rings. The third-order valence-corrected chi connectivity index (χ3v) is 4.42.